The molecule has 2 heterocycles. The van der Waals surface area contributed by atoms with Gasteiger partial charge in [0.2, 0.25) is 11.8 Å². The normalized spacial score (nSPS) is 25.1. The molecule has 0 saturated carbocycles. The average molecular weight is 359 g/mol. The van der Waals surface area contributed by atoms with Gasteiger partial charge in [0, 0.05) is 18.2 Å². The second kappa shape index (κ2) is 7.35. The van der Waals surface area contributed by atoms with Crippen LogP contribution in [0.25, 0.3) is 0 Å². The van der Waals surface area contributed by atoms with Gasteiger partial charge in [0.1, 0.15) is 17.8 Å². The lowest BCUT2D eigenvalue weighted by atomic mass is 9.99. The maximum atomic E-state index is 12.6. The fraction of sp³-hybridized carbons (Fsp3) is 0.526. The van der Waals surface area contributed by atoms with Gasteiger partial charge in [-0.1, -0.05) is 13.8 Å². The molecule has 3 amide bonds. The number of hydrogen-bond acceptors (Lipinski definition) is 4. The summed E-state index contributed by atoms with van der Waals surface area (Å²) in [4.78, 5) is 39.0. The number of fused-ring (bicyclic) bond motifs is 1. The molecule has 1 aromatic rings. The van der Waals surface area contributed by atoms with Crippen molar-refractivity contribution in [1.82, 2.24) is 15.5 Å². The Morgan fingerprint density at radius 3 is 2.62 bits per heavy atom. The molecule has 2 N–H and O–H groups in total. The van der Waals surface area contributed by atoms with Gasteiger partial charge in [-0.15, -0.1) is 0 Å². The first-order valence-corrected chi connectivity index (χ1v) is 8.94. The van der Waals surface area contributed by atoms with Crippen LogP contribution in [-0.2, 0) is 9.59 Å². The summed E-state index contributed by atoms with van der Waals surface area (Å²) < 4.78 is 5.09. The largest absolute Gasteiger partial charge is 0.497 e. The number of hydrogen-bond donors (Lipinski definition) is 2. The number of methoxy groups -OCH3 is 1. The lowest BCUT2D eigenvalue weighted by Gasteiger charge is -2.35. The molecule has 0 radical (unpaired) electrons. The molecule has 7 heteroatoms. The van der Waals surface area contributed by atoms with Crippen molar-refractivity contribution in [1.29, 1.82) is 0 Å². The fourth-order valence-corrected chi connectivity index (χ4v) is 3.60. The first kappa shape index (κ1) is 18.2. The van der Waals surface area contributed by atoms with Crippen LogP contribution < -0.4 is 15.4 Å². The molecule has 2 fully saturated rings. The lowest BCUT2D eigenvalue weighted by molar-refractivity contribution is -0.147. The Hall–Kier alpha value is -2.57. The molecule has 2 aliphatic heterocycles. The van der Waals surface area contributed by atoms with Crippen molar-refractivity contribution in [2.75, 3.05) is 13.7 Å². The summed E-state index contributed by atoms with van der Waals surface area (Å²) in [6.45, 7) is 4.41. The number of amides is 3. The highest BCUT2D eigenvalue weighted by molar-refractivity contribution is 5.98. The van der Waals surface area contributed by atoms with E-state index < -0.39 is 12.1 Å². The Kier molecular flexibility index (Phi) is 5.15. The van der Waals surface area contributed by atoms with Gasteiger partial charge >= 0.3 is 0 Å². The molecule has 0 unspecified atom stereocenters. The van der Waals surface area contributed by atoms with Crippen LogP contribution in [0.3, 0.4) is 0 Å². The van der Waals surface area contributed by atoms with Crippen LogP contribution in [0, 0.1) is 5.92 Å². The molecular formula is C19H25N3O4. The van der Waals surface area contributed by atoms with Gasteiger partial charge in [0.25, 0.3) is 5.91 Å². The van der Waals surface area contributed by atoms with Crippen molar-refractivity contribution in [3.8, 4) is 5.75 Å². The van der Waals surface area contributed by atoms with Crippen molar-refractivity contribution in [3.05, 3.63) is 29.8 Å². The SMILES string of the molecule is COc1ccc(C(=O)N[C@H]2C[C@H]3C(=O)N[C@H](CC(C)C)C(=O)N3C2)cc1. The van der Waals surface area contributed by atoms with Crippen molar-refractivity contribution in [2.24, 2.45) is 5.92 Å². The van der Waals surface area contributed by atoms with E-state index >= 15 is 0 Å². The first-order chi connectivity index (χ1) is 12.4. The van der Waals surface area contributed by atoms with E-state index in [1.54, 1.807) is 36.3 Å². The summed E-state index contributed by atoms with van der Waals surface area (Å²) in [7, 11) is 1.57. The molecule has 26 heavy (non-hydrogen) atoms. The van der Waals surface area contributed by atoms with E-state index in [-0.39, 0.29) is 23.8 Å². The number of nitrogens with zero attached hydrogens (tertiary/aromatic N) is 1. The zero-order chi connectivity index (χ0) is 18.8. The Balaban J connectivity index is 1.64. The third-order valence-electron chi connectivity index (χ3n) is 4.90. The molecule has 0 spiro atoms. The maximum Gasteiger partial charge on any atom is 0.251 e. The second-order valence-corrected chi connectivity index (χ2v) is 7.33. The average Bonchev–Trinajstić information content (AvgIpc) is 3.03. The highest BCUT2D eigenvalue weighted by Crippen LogP contribution is 2.25. The zero-order valence-electron chi connectivity index (χ0n) is 15.3. The molecule has 140 valence electrons. The van der Waals surface area contributed by atoms with Gasteiger partial charge in [-0.3, -0.25) is 14.4 Å². The first-order valence-electron chi connectivity index (χ1n) is 8.94. The third kappa shape index (κ3) is 3.66. The summed E-state index contributed by atoms with van der Waals surface area (Å²) in [5, 5.41) is 5.76. The van der Waals surface area contributed by atoms with E-state index in [0.29, 0.717) is 36.6 Å². The van der Waals surface area contributed by atoms with Gasteiger partial charge in [-0.05, 0) is 43.0 Å². The Morgan fingerprint density at radius 1 is 1.31 bits per heavy atom. The van der Waals surface area contributed by atoms with Crippen LogP contribution in [0.1, 0.15) is 37.0 Å². The van der Waals surface area contributed by atoms with Gasteiger partial charge in [0.05, 0.1) is 7.11 Å². The van der Waals surface area contributed by atoms with Gasteiger partial charge in [-0.25, -0.2) is 0 Å². The van der Waals surface area contributed by atoms with Crippen LogP contribution in [-0.4, -0.2) is 54.4 Å². The maximum absolute atomic E-state index is 12.6. The van der Waals surface area contributed by atoms with E-state index in [0.717, 1.165) is 0 Å². The van der Waals surface area contributed by atoms with Crippen LogP contribution in [0.4, 0.5) is 0 Å². The third-order valence-corrected chi connectivity index (χ3v) is 4.90. The molecule has 3 atom stereocenters. The van der Waals surface area contributed by atoms with E-state index in [1.165, 1.54) is 0 Å². The second-order valence-electron chi connectivity index (χ2n) is 7.33. The monoisotopic (exact) mass is 359 g/mol. The number of piperazine rings is 1. The van der Waals surface area contributed by atoms with E-state index in [4.69, 9.17) is 4.74 Å². The van der Waals surface area contributed by atoms with Crippen LogP contribution in [0.15, 0.2) is 24.3 Å². The molecule has 2 saturated heterocycles. The van der Waals surface area contributed by atoms with Crippen molar-refractivity contribution in [3.63, 3.8) is 0 Å². The highest BCUT2D eigenvalue weighted by Gasteiger charge is 2.46. The minimum absolute atomic E-state index is 0.0514. The van der Waals surface area contributed by atoms with Gasteiger partial charge < -0.3 is 20.3 Å². The standard InChI is InChI=1S/C19H25N3O4/c1-11(2)8-15-19(25)22-10-13(9-16(22)18(24)21-15)20-17(23)12-4-6-14(26-3)7-5-12/h4-7,11,13,15-16H,8-10H2,1-3H3,(H,20,23)(H,21,24)/t13-,15+,16-/m0/s1. The Labute approximate surface area is 153 Å². The van der Waals surface area contributed by atoms with E-state index in [2.05, 4.69) is 10.6 Å². The number of carbonyl (C=O) groups excluding carboxylic acids is 3. The smallest absolute Gasteiger partial charge is 0.251 e. The molecule has 0 aromatic heterocycles. The Morgan fingerprint density at radius 2 is 2.00 bits per heavy atom. The summed E-state index contributed by atoms with van der Waals surface area (Å²) >= 11 is 0. The van der Waals surface area contributed by atoms with Crippen molar-refractivity contribution < 1.29 is 19.1 Å². The predicted molar refractivity (Wildman–Crippen MR) is 95.8 cm³/mol. The molecule has 1 aromatic carbocycles. The van der Waals surface area contributed by atoms with Crippen LogP contribution in [0.2, 0.25) is 0 Å². The fourth-order valence-electron chi connectivity index (χ4n) is 3.60. The summed E-state index contributed by atoms with van der Waals surface area (Å²) in [5.74, 6) is 0.594. The summed E-state index contributed by atoms with van der Waals surface area (Å²) in [5.41, 5.74) is 0.518. The van der Waals surface area contributed by atoms with Crippen molar-refractivity contribution in [2.45, 2.75) is 44.8 Å². The quantitative estimate of drug-likeness (QED) is 0.819. The summed E-state index contributed by atoms with van der Waals surface area (Å²) in [6, 6.07) is 5.63. The van der Waals surface area contributed by atoms with Crippen molar-refractivity contribution >= 4 is 17.7 Å². The topological polar surface area (TPSA) is 87.7 Å². The number of nitrogens with one attached hydrogen (secondary N) is 2. The lowest BCUT2D eigenvalue weighted by Crippen LogP contribution is -2.61. The van der Waals surface area contributed by atoms with Gasteiger partial charge in [0.15, 0.2) is 0 Å². The molecular weight excluding hydrogens is 334 g/mol. The number of carbonyl (C=O) groups is 3. The zero-order valence-corrected chi connectivity index (χ0v) is 15.3. The Bertz CT molecular complexity index is 701. The molecule has 0 bridgehead atoms. The predicted octanol–water partition coefficient (Wildman–Crippen LogP) is 0.939. The van der Waals surface area contributed by atoms with Crippen LogP contribution in [0.5, 0.6) is 5.75 Å². The van der Waals surface area contributed by atoms with Gasteiger partial charge in [-0.2, -0.15) is 0 Å². The van der Waals surface area contributed by atoms with E-state index in [9.17, 15) is 14.4 Å². The molecule has 3 rings (SSSR count). The molecule has 0 aliphatic carbocycles. The van der Waals surface area contributed by atoms with Crippen LogP contribution >= 0.6 is 0 Å². The molecule has 7 nitrogen and oxygen atoms in total. The number of benzene rings is 1. The summed E-state index contributed by atoms with van der Waals surface area (Å²) in [6.07, 6.45) is 1.06. The minimum atomic E-state index is -0.493. The number of ether oxygens (including phenoxy) is 1. The minimum Gasteiger partial charge on any atom is -0.497 e. The highest BCUT2D eigenvalue weighted by atomic mass is 16.5. The van der Waals surface area contributed by atoms with E-state index in [1.807, 2.05) is 13.8 Å². The molecule has 2 aliphatic rings. The number of rotatable bonds is 5.